The first kappa shape index (κ1) is 8.55. The minimum Gasteiger partial charge on any atom is -0.393 e. The predicted octanol–water partition coefficient (Wildman–Crippen LogP) is 2.73. The average Bonchev–Trinajstić information content (AvgIpc) is 2.56. The Hall–Kier alpha value is -0.0400. The van der Waals surface area contributed by atoms with Gasteiger partial charge in [0.15, 0.2) is 0 Å². The molecular formula is C11H20O. The molecule has 2 rings (SSSR count). The molecule has 0 radical (unpaired) electrons. The molecule has 2 fully saturated rings. The lowest BCUT2D eigenvalue weighted by Gasteiger charge is -2.30. The quantitative estimate of drug-likeness (QED) is 0.638. The molecule has 1 nitrogen and oxygen atoms in total. The second kappa shape index (κ2) is 3.78. The summed E-state index contributed by atoms with van der Waals surface area (Å²) in [5.41, 5.74) is 0. The van der Waals surface area contributed by atoms with E-state index in [-0.39, 0.29) is 6.10 Å². The van der Waals surface area contributed by atoms with E-state index in [1.807, 2.05) is 0 Å². The fourth-order valence-corrected chi connectivity index (χ4v) is 3.06. The smallest absolute Gasteiger partial charge is 0.0543 e. The van der Waals surface area contributed by atoms with E-state index in [1.54, 1.807) is 0 Å². The molecule has 0 aromatic rings. The van der Waals surface area contributed by atoms with Gasteiger partial charge in [0.05, 0.1) is 6.10 Å². The van der Waals surface area contributed by atoms with Crippen LogP contribution in [0.3, 0.4) is 0 Å². The van der Waals surface area contributed by atoms with Crippen LogP contribution < -0.4 is 0 Å². The Morgan fingerprint density at radius 1 is 0.750 bits per heavy atom. The molecule has 0 aromatic heterocycles. The molecule has 0 aromatic carbocycles. The third kappa shape index (κ3) is 1.82. The second-order valence-electron chi connectivity index (χ2n) is 4.63. The van der Waals surface area contributed by atoms with E-state index in [4.69, 9.17) is 0 Å². The van der Waals surface area contributed by atoms with Crippen molar-refractivity contribution in [2.45, 2.75) is 57.5 Å². The molecule has 12 heavy (non-hydrogen) atoms. The van der Waals surface area contributed by atoms with Crippen molar-refractivity contribution in [1.82, 2.24) is 0 Å². The summed E-state index contributed by atoms with van der Waals surface area (Å²) >= 11 is 0. The van der Waals surface area contributed by atoms with E-state index >= 15 is 0 Å². The normalized spacial score (nSPS) is 38.8. The van der Waals surface area contributed by atoms with Crippen molar-refractivity contribution in [3.63, 3.8) is 0 Å². The highest BCUT2D eigenvalue weighted by atomic mass is 16.3. The molecule has 0 saturated heterocycles. The number of aliphatic hydroxyl groups excluding tert-OH is 1. The summed E-state index contributed by atoms with van der Waals surface area (Å²) in [5, 5.41) is 9.54. The Bertz CT molecular complexity index is 138. The standard InChI is InChI=1S/C11H20O/c12-11-7-3-6-10(8-11)9-4-1-2-5-9/h9-12H,1-8H2. The van der Waals surface area contributed by atoms with Gasteiger partial charge < -0.3 is 5.11 Å². The van der Waals surface area contributed by atoms with Crippen molar-refractivity contribution in [3.05, 3.63) is 0 Å². The monoisotopic (exact) mass is 168 g/mol. The molecule has 1 heteroatoms. The van der Waals surface area contributed by atoms with Gasteiger partial charge in [0, 0.05) is 0 Å². The van der Waals surface area contributed by atoms with Crippen molar-refractivity contribution in [2.75, 3.05) is 0 Å². The van der Waals surface area contributed by atoms with Crippen LogP contribution in [-0.2, 0) is 0 Å². The van der Waals surface area contributed by atoms with E-state index in [0.29, 0.717) is 0 Å². The lowest BCUT2D eigenvalue weighted by Crippen LogP contribution is -2.24. The van der Waals surface area contributed by atoms with Crippen LogP contribution in [0, 0.1) is 11.8 Å². The average molecular weight is 168 g/mol. The second-order valence-corrected chi connectivity index (χ2v) is 4.63. The zero-order valence-corrected chi connectivity index (χ0v) is 7.84. The first-order valence-electron chi connectivity index (χ1n) is 5.54. The van der Waals surface area contributed by atoms with Crippen molar-refractivity contribution in [3.8, 4) is 0 Å². The van der Waals surface area contributed by atoms with Gasteiger partial charge >= 0.3 is 0 Å². The maximum absolute atomic E-state index is 9.54. The van der Waals surface area contributed by atoms with E-state index < -0.39 is 0 Å². The fraction of sp³-hybridized carbons (Fsp3) is 1.00. The Labute approximate surface area is 75.2 Å². The Kier molecular flexibility index (Phi) is 2.69. The van der Waals surface area contributed by atoms with Crippen LogP contribution in [0.1, 0.15) is 51.4 Å². The summed E-state index contributed by atoms with van der Waals surface area (Å²) in [6.45, 7) is 0. The summed E-state index contributed by atoms with van der Waals surface area (Å²) in [5.74, 6) is 1.84. The first-order valence-corrected chi connectivity index (χ1v) is 5.54. The molecule has 0 bridgehead atoms. The zero-order valence-electron chi connectivity index (χ0n) is 7.84. The minimum atomic E-state index is 0.0318. The van der Waals surface area contributed by atoms with Gasteiger partial charge in [0.25, 0.3) is 0 Å². The zero-order chi connectivity index (χ0) is 8.39. The molecule has 1 N–H and O–H groups in total. The van der Waals surface area contributed by atoms with Gasteiger partial charge in [-0.25, -0.2) is 0 Å². The number of hydrogen-bond acceptors (Lipinski definition) is 1. The van der Waals surface area contributed by atoms with E-state index in [2.05, 4.69) is 0 Å². The van der Waals surface area contributed by atoms with Crippen LogP contribution in [0.25, 0.3) is 0 Å². The SMILES string of the molecule is OC1CCCC(C2CCCC2)C1. The predicted molar refractivity (Wildman–Crippen MR) is 49.9 cm³/mol. The molecule has 2 saturated carbocycles. The molecule has 0 spiro atoms. The molecule has 2 unspecified atom stereocenters. The van der Waals surface area contributed by atoms with Gasteiger partial charge in [-0.05, 0) is 31.1 Å². The summed E-state index contributed by atoms with van der Waals surface area (Å²) in [6, 6.07) is 0. The lowest BCUT2D eigenvalue weighted by molar-refractivity contribution is 0.0805. The third-order valence-electron chi connectivity index (χ3n) is 3.75. The molecule has 0 heterocycles. The van der Waals surface area contributed by atoms with Crippen LogP contribution in [0.2, 0.25) is 0 Å². The van der Waals surface area contributed by atoms with Gasteiger partial charge in [0.2, 0.25) is 0 Å². The van der Waals surface area contributed by atoms with Crippen molar-refractivity contribution in [2.24, 2.45) is 11.8 Å². The van der Waals surface area contributed by atoms with Gasteiger partial charge in [-0.1, -0.05) is 32.1 Å². The number of aliphatic hydroxyl groups is 1. The fourth-order valence-electron chi connectivity index (χ4n) is 3.06. The summed E-state index contributed by atoms with van der Waals surface area (Å²) in [4.78, 5) is 0. The van der Waals surface area contributed by atoms with Crippen LogP contribution in [-0.4, -0.2) is 11.2 Å². The van der Waals surface area contributed by atoms with E-state index in [1.165, 1.54) is 38.5 Å². The molecule has 2 aliphatic carbocycles. The molecule has 2 aliphatic rings. The van der Waals surface area contributed by atoms with Gasteiger partial charge in [-0.15, -0.1) is 0 Å². The van der Waals surface area contributed by atoms with E-state index in [0.717, 1.165) is 24.7 Å². The molecule has 0 aliphatic heterocycles. The number of rotatable bonds is 1. The van der Waals surface area contributed by atoms with Gasteiger partial charge in [0.1, 0.15) is 0 Å². The Morgan fingerprint density at radius 3 is 2.08 bits per heavy atom. The van der Waals surface area contributed by atoms with E-state index in [9.17, 15) is 5.11 Å². The largest absolute Gasteiger partial charge is 0.393 e. The van der Waals surface area contributed by atoms with Crippen LogP contribution in [0.5, 0.6) is 0 Å². The molecular weight excluding hydrogens is 148 g/mol. The third-order valence-corrected chi connectivity index (χ3v) is 3.75. The van der Waals surface area contributed by atoms with Crippen molar-refractivity contribution in [1.29, 1.82) is 0 Å². The van der Waals surface area contributed by atoms with Gasteiger partial charge in [-0.2, -0.15) is 0 Å². The highest BCUT2D eigenvalue weighted by molar-refractivity contribution is 4.80. The summed E-state index contributed by atoms with van der Waals surface area (Å²) in [7, 11) is 0. The lowest BCUT2D eigenvalue weighted by atomic mass is 9.78. The Morgan fingerprint density at radius 2 is 1.42 bits per heavy atom. The Balaban J connectivity index is 1.85. The molecule has 2 atom stereocenters. The van der Waals surface area contributed by atoms with Crippen molar-refractivity contribution < 1.29 is 5.11 Å². The highest BCUT2D eigenvalue weighted by Gasteiger charge is 2.29. The summed E-state index contributed by atoms with van der Waals surface area (Å²) < 4.78 is 0. The van der Waals surface area contributed by atoms with Crippen LogP contribution >= 0.6 is 0 Å². The topological polar surface area (TPSA) is 20.2 Å². The van der Waals surface area contributed by atoms with Gasteiger partial charge in [-0.3, -0.25) is 0 Å². The van der Waals surface area contributed by atoms with Crippen LogP contribution in [0.4, 0.5) is 0 Å². The molecule has 0 amide bonds. The van der Waals surface area contributed by atoms with Crippen LogP contribution in [0.15, 0.2) is 0 Å². The first-order chi connectivity index (χ1) is 5.86. The summed E-state index contributed by atoms with van der Waals surface area (Å²) in [6.07, 6.45) is 10.6. The molecule has 70 valence electrons. The minimum absolute atomic E-state index is 0.0318. The maximum atomic E-state index is 9.54. The maximum Gasteiger partial charge on any atom is 0.0543 e. The van der Waals surface area contributed by atoms with Crippen molar-refractivity contribution >= 4 is 0 Å². The number of hydrogen-bond donors (Lipinski definition) is 1. The highest BCUT2D eigenvalue weighted by Crippen LogP contribution is 2.39.